The molecule has 0 saturated carbocycles. The molecule has 1 amide bonds. The molecule has 0 unspecified atom stereocenters. The lowest BCUT2D eigenvalue weighted by Crippen LogP contribution is -2.35. The summed E-state index contributed by atoms with van der Waals surface area (Å²) in [6, 6.07) is 11.8. The first-order valence-electron chi connectivity index (χ1n) is 9.15. The third-order valence-electron chi connectivity index (χ3n) is 4.51. The smallest absolute Gasteiger partial charge is 0.262 e. The minimum absolute atomic E-state index is 0.00784. The molecule has 2 aromatic rings. The molecule has 0 radical (unpaired) electrons. The molecule has 8 heteroatoms. The normalized spacial score (nSPS) is 15.2. The zero-order valence-electron chi connectivity index (χ0n) is 15.7. The summed E-state index contributed by atoms with van der Waals surface area (Å²) in [4.78, 5) is 12.2. The largest absolute Gasteiger partial charge is 0.484 e. The van der Waals surface area contributed by atoms with E-state index in [-0.39, 0.29) is 22.4 Å². The Labute approximate surface area is 170 Å². The maximum absolute atomic E-state index is 12.9. The van der Waals surface area contributed by atoms with Gasteiger partial charge in [0.2, 0.25) is 10.0 Å². The van der Waals surface area contributed by atoms with Gasteiger partial charge in [0.15, 0.2) is 6.61 Å². The number of aryl methyl sites for hydroxylation is 1. The van der Waals surface area contributed by atoms with Crippen molar-refractivity contribution in [2.75, 3.05) is 25.0 Å². The fourth-order valence-electron chi connectivity index (χ4n) is 3.07. The van der Waals surface area contributed by atoms with E-state index in [2.05, 4.69) is 5.32 Å². The Morgan fingerprint density at radius 1 is 1.14 bits per heavy atom. The number of amides is 1. The Morgan fingerprint density at radius 2 is 1.89 bits per heavy atom. The van der Waals surface area contributed by atoms with Crippen LogP contribution in [-0.2, 0) is 14.8 Å². The van der Waals surface area contributed by atoms with E-state index in [4.69, 9.17) is 16.3 Å². The summed E-state index contributed by atoms with van der Waals surface area (Å²) >= 11 is 6.15. The maximum atomic E-state index is 12.9. The number of piperidine rings is 1. The Hall–Kier alpha value is -2.09. The van der Waals surface area contributed by atoms with Crippen molar-refractivity contribution in [2.24, 2.45) is 0 Å². The molecule has 1 aliphatic rings. The van der Waals surface area contributed by atoms with Gasteiger partial charge >= 0.3 is 0 Å². The van der Waals surface area contributed by atoms with Gasteiger partial charge in [0.05, 0.1) is 5.02 Å². The number of carbonyl (C=O) groups excluding carboxylic acids is 1. The Kier molecular flexibility index (Phi) is 6.59. The molecule has 1 N–H and O–H groups in total. The van der Waals surface area contributed by atoms with Crippen molar-refractivity contribution in [2.45, 2.75) is 31.1 Å². The molecule has 0 spiro atoms. The topological polar surface area (TPSA) is 75.7 Å². The Balaban J connectivity index is 1.69. The SMILES string of the molecule is Cc1cccc(OCC(=O)Nc2ccc(Cl)c(S(=O)(=O)N3CCCCC3)c2)c1. The minimum Gasteiger partial charge on any atom is -0.484 e. The van der Waals surface area contributed by atoms with Crippen LogP contribution in [0.25, 0.3) is 0 Å². The van der Waals surface area contributed by atoms with Crippen LogP contribution in [-0.4, -0.2) is 38.3 Å². The van der Waals surface area contributed by atoms with Crippen molar-refractivity contribution in [3.8, 4) is 5.75 Å². The van der Waals surface area contributed by atoms with Crippen LogP contribution >= 0.6 is 11.6 Å². The number of nitrogens with zero attached hydrogens (tertiary/aromatic N) is 1. The standard InChI is InChI=1S/C20H23ClN2O4S/c1-15-6-5-7-17(12-15)27-14-20(24)22-16-8-9-18(21)19(13-16)28(25,26)23-10-3-2-4-11-23/h5-9,12-13H,2-4,10-11,14H2,1H3,(H,22,24). The van der Waals surface area contributed by atoms with Crippen LogP contribution in [0.4, 0.5) is 5.69 Å². The van der Waals surface area contributed by atoms with Crippen molar-refractivity contribution >= 4 is 33.2 Å². The van der Waals surface area contributed by atoms with Crippen molar-refractivity contribution in [1.29, 1.82) is 0 Å². The van der Waals surface area contributed by atoms with Gasteiger partial charge in [0, 0.05) is 18.8 Å². The molecule has 1 fully saturated rings. The number of halogens is 1. The van der Waals surface area contributed by atoms with E-state index in [0.29, 0.717) is 24.5 Å². The first kappa shape index (κ1) is 20.6. The molecule has 0 aromatic heterocycles. The van der Waals surface area contributed by atoms with Crippen molar-refractivity contribution in [1.82, 2.24) is 4.31 Å². The lowest BCUT2D eigenvalue weighted by atomic mass is 10.2. The van der Waals surface area contributed by atoms with Crippen molar-refractivity contribution in [3.63, 3.8) is 0 Å². The number of hydrogen-bond acceptors (Lipinski definition) is 4. The molecule has 150 valence electrons. The highest BCUT2D eigenvalue weighted by atomic mass is 35.5. The van der Waals surface area contributed by atoms with E-state index in [0.717, 1.165) is 24.8 Å². The summed E-state index contributed by atoms with van der Waals surface area (Å²) in [6.45, 7) is 2.73. The fourth-order valence-corrected chi connectivity index (χ4v) is 5.09. The number of anilines is 1. The van der Waals surface area contributed by atoms with Crippen molar-refractivity contribution in [3.05, 3.63) is 53.1 Å². The van der Waals surface area contributed by atoms with Gasteiger partial charge < -0.3 is 10.1 Å². The van der Waals surface area contributed by atoms with Gasteiger partial charge in [-0.05, 0) is 55.7 Å². The van der Waals surface area contributed by atoms with Gasteiger partial charge in [-0.15, -0.1) is 0 Å². The second kappa shape index (κ2) is 8.94. The fraction of sp³-hybridized carbons (Fsp3) is 0.350. The molecule has 1 heterocycles. The highest BCUT2D eigenvalue weighted by Crippen LogP contribution is 2.29. The predicted octanol–water partition coefficient (Wildman–Crippen LogP) is 3.84. The van der Waals surface area contributed by atoms with Gasteiger partial charge in [0.1, 0.15) is 10.6 Å². The number of nitrogens with one attached hydrogen (secondary N) is 1. The van der Waals surface area contributed by atoms with Crippen LogP contribution in [0.3, 0.4) is 0 Å². The number of rotatable bonds is 6. The predicted molar refractivity (Wildman–Crippen MR) is 109 cm³/mol. The minimum atomic E-state index is -3.69. The van der Waals surface area contributed by atoms with Gasteiger partial charge in [-0.25, -0.2) is 8.42 Å². The zero-order chi connectivity index (χ0) is 20.1. The quantitative estimate of drug-likeness (QED) is 0.767. The molecule has 3 rings (SSSR count). The Bertz CT molecular complexity index is 956. The average Bonchev–Trinajstić information content (AvgIpc) is 2.68. The lowest BCUT2D eigenvalue weighted by Gasteiger charge is -2.26. The molecule has 6 nitrogen and oxygen atoms in total. The highest BCUT2D eigenvalue weighted by molar-refractivity contribution is 7.89. The van der Waals surface area contributed by atoms with Crippen LogP contribution in [0.5, 0.6) is 5.75 Å². The molecule has 0 aliphatic carbocycles. The van der Waals surface area contributed by atoms with Crippen LogP contribution in [0, 0.1) is 6.92 Å². The Morgan fingerprint density at radius 3 is 2.61 bits per heavy atom. The summed E-state index contributed by atoms with van der Waals surface area (Å²) < 4.78 is 32.7. The summed E-state index contributed by atoms with van der Waals surface area (Å²) in [5.41, 5.74) is 1.39. The molecule has 1 aliphatic heterocycles. The summed E-state index contributed by atoms with van der Waals surface area (Å²) in [6.07, 6.45) is 2.70. The number of sulfonamides is 1. The average molecular weight is 423 g/mol. The van der Waals surface area contributed by atoms with Crippen molar-refractivity contribution < 1.29 is 17.9 Å². The van der Waals surface area contributed by atoms with E-state index >= 15 is 0 Å². The van der Waals surface area contributed by atoms with Gasteiger partial charge in [-0.1, -0.05) is 30.2 Å². The summed E-state index contributed by atoms with van der Waals surface area (Å²) in [5.74, 6) is 0.213. The van der Waals surface area contributed by atoms with E-state index in [1.54, 1.807) is 12.1 Å². The van der Waals surface area contributed by atoms with E-state index in [9.17, 15) is 13.2 Å². The number of hydrogen-bond donors (Lipinski definition) is 1. The number of ether oxygens (including phenoxy) is 1. The number of carbonyl (C=O) groups is 1. The monoisotopic (exact) mass is 422 g/mol. The molecular weight excluding hydrogens is 400 g/mol. The van der Waals surface area contributed by atoms with Crippen LogP contribution in [0.2, 0.25) is 5.02 Å². The van der Waals surface area contributed by atoms with Crippen LogP contribution in [0.15, 0.2) is 47.4 Å². The molecule has 2 aromatic carbocycles. The molecule has 0 atom stereocenters. The third-order valence-corrected chi connectivity index (χ3v) is 6.89. The van der Waals surface area contributed by atoms with Gasteiger partial charge in [-0.2, -0.15) is 4.31 Å². The molecule has 1 saturated heterocycles. The molecule has 0 bridgehead atoms. The van der Waals surface area contributed by atoms with Gasteiger partial charge in [-0.3, -0.25) is 4.79 Å². The first-order valence-corrected chi connectivity index (χ1v) is 11.0. The van der Waals surface area contributed by atoms with Gasteiger partial charge in [0.25, 0.3) is 5.91 Å². The summed E-state index contributed by atoms with van der Waals surface area (Å²) in [7, 11) is -3.69. The second-order valence-corrected chi connectivity index (χ2v) is 9.08. The maximum Gasteiger partial charge on any atom is 0.262 e. The van der Waals surface area contributed by atoms with E-state index < -0.39 is 10.0 Å². The van der Waals surface area contributed by atoms with Crippen LogP contribution in [0.1, 0.15) is 24.8 Å². The third kappa shape index (κ3) is 5.04. The van der Waals surface area contributed by atoms with Crippen LogP contribution < -0.4 is 10.1 Å². The summed E-state index contributed by atoms with van der Waals surface area (Å²) in [5, 5.41) is 2.80. The first-order chi connectivity index (χ1) is 13.4. The lowest BCUT2D eigenvalue weighted by molar-refractivity contribution is -0.118. The highest BCUT2D eigenvalue weighted by Gasteiger charge is 2.28. The number of benzene rings is 2. The zero-order valence-corrected chi connectivity index (χ0v) is 17.2. The van der Waals surface area contributed by atoms with E-state index in [1.807, 2.05) is 25.1 Å². The molecular formula is C20H23ClN2O4S. The van der Waals surface area contributed by atoms with E-state index in [1.165, 1.54) is 16.4 Å². The molecule has 28 heavy (non-hydrogen) atoms. The second-order valence-electron chi connectivity index (χ2n) is 6.76.